The zero-order chi connectivity index (χ0) is 6.69. The average molecular weight is 267 g/mol. The Bertz CT molecular complexity index is 203. The summed E-state index contributed by atoms with van der Waals surface area (Å²) < 4.78 is 4.96. The van der Waals surface area contributed by atoms with Crippen LogP contribution in [0.25, 0.3) is 0 Å². The molecule has 1 aromatic carbocycles. The second-order valence-corrected chi connectivity index (χ2v) is 1.85. The first-order valence-corrected chi connectivity index (χ1v) is 2.79. The molecule has 3 heteroatoms. The van der Waals surface area contributed by atoms with Crippen molar-refractivity contribution in [1.82, 2.24) is 0 Å². The van der Waals surface area contributed by atoms with Gasteiger partial charge in [0.1, 0.15) is 0 Å². The molecular formula is C8H10BrOZn-. The first-order chi connectivity index (χ1) is 4.33. The molecule has 0 saturated heterocycles. The van der Waals surface area contributed by atoms with Crippen molar-refractivity contribution in [3.05, 3.63) is 36.8 Å². The molecule has 0 fully saturated rings. The van der Waals surface area contributed by atoms with Crippen LogP contribution in [0.1, 0.15) is 5.56 Å². The van der Waals surface area contributed by atoms with E-state index in [1.807, 2.05) is 24.3 Å². The molecule has 1 nitrogen and oxygen atoms in total. The first kappa shape index (κ1) is 13.6. The van der Waals surface area contributed by atoms with Gasteiger partial charge in [-0.15, -0.1) is 29.1 Å². The fourth-order valence-corrected chi connectivity index (χ4v) is 0.672. The molecule has 0 unspecified atom stereocenters. The standard InChI is InChI=1S/C8H9O.BrH.Zn/c1-7-4-3-5-8(6-7)9-2;;/h3-6H,1H2,2H3;1H;/q-1;;. The summed E-state index contributed by atoms with van der Waals surface area (Å²) in [6.45, 7) is 3.75. The van der Waals surface area contributed by atoms with Crippen LogP contribution in [0.2, 0.25) is 0 Å². The average Bonchev–Trinajstić information content (AvgIpc) is 1.88. The van der Waals surface area contributed by atoms with Gasteiger partial charge in [-0.25, -0.2) is 0 Å². The van der Waals surface area contributed by atoms with E-state index >= 15 is 0 Å². The minimum atomic E-state index is 0. The number of ether oxygens (including phenoxy) is 1. The Kier molecular flexibility index (Phi) is 8.25. The van der Waals surface area contributed by atoms with Gasteiger partial charge in [0.05, 0.1) is 12.9 Å². The summed E-state index contributed by atoms with van der Waals surface area (Å²) in [7, 11) is 1.65. The maximum Gasteiger partial charge on any atom is 0.0759 e. The normalized spacial score (nSPS) is 7.36. The molecule has 0 atom stereocenters. The number of methoxy groups -OCH3 is 1. The minimum absolute atomic E-state index is 0. The van der Waals surface area contributed by atoms with Crippen LogP contribution < -0.4 is 4.74 Å². The van der Waals surface area contributed by atoms with Gasteiger partial charge in [-0.05, 0) is 6.07 Å². The third-order valence-electron chi connectivity index (χ3n) is 1.13. The molecule has 0 aromatic heterocycles. The van der Waals surface area contributed by atoms with Crippen molar-refractivity contribution >= 4 is 17.0 Å². The van der Waals surface area contributed by atoms with Crippen molar-refractivity contribution in [2.75, 3.05) is 7.11 Å². The second kappa shape index (κ2) is 6.69. The van der Waals surface area contributed by atoms with E-state index in [0.717, 1.165) is 11.3 Å². The maximum absolute atomic E-state index is 4.96. The molecule has 11 heavy (non-hydrogen) atoms. The molecule has 0 aliphatic rings. The number of halogens is 1. The fraction of sp³-hybridized carbons (Fsp3) is 0.125. The van der Waals surface area contributed by atoms with Crippen molar-refractivity contribution in [2.24, 2.45) is 0 Å². The second-order valence-electron chi connectivity index (χ2n) is 1.85. The molecule has 0 spiro atoms. The summed E-state index contributed by atoms with van der Waals surface area (Å²) in [6, 6.07) is 7.64. The molecule has 0 heterocycles. The Labute approximate surface area is 90.7 Å². The molecule has 0 aliphatic carbocycles. The van der Waals surface area contributed by atoms with Gasteiger partial charge in [0.2, 0.25) is 0 Å². The Morgan fingerprint density at radius 2 is 2.00 bits per heavy atom. The Morgan fingerprint density at radius 3 is 2.36 bits per heavy atom. The molecule has 0 bridgehead atoms. The van der Waals surface area contributed by atoms with Crippen LogP contribution in [0.5, 0.6) is 5.75 Å². The largest absolute Gasteiger partial charge is 0.510 e. The van der Waals surface area contributed by atoms with E-state index in [-0.39, 0.29) is 36.5 Å². The third-order valence-corrected chi connectivity index (χ3v) is 1.13. The van der Waals surface area contributed by atoms with Gasteiger partial charge in [-0.2, -0.15) is 18.6 Å². The van der Waals surface area contributed by atoms with Gasteiger partial charge in [-0.1, -0.05) is 0 Å². The van der Waals surface area contributed by atoms with Crippen LogP contribution >= 0.6 is 17.0 Å². The fourth-order valence-electron chi connectivity index (χ4n) is 0.672. The van der Waals surface area contributed by atoms with Gasteiger partial charge >= 0.3 is 0 Å². The molecule has 1 rings (SSSR count). The van der Waals surface area contributed by atoms with E-state index in [1.165, 1.54) is 0 Å². The summed E-state index contributed by atoms with van der Waals surface area (Å²) in [4.78, 5) is 0. The molecular weight excluding hydrogens is 257 g/mol. The summed E-state index contributed by atoms with van der Waals surface area (Å²) in [5.74, 6) is 0.863. The monoisotopic (exact) mass is 265 g/mol. The molecule has 1 aromatic rings. The van der Waals surface area contributed by atoms with E-state index in [9.17, 15) is 0 Å². The molecule has 0 radical (unpaired) electrons. The predicted octanol–water partition coefficient (Wildman–Crippen LogP) is 2.45. The van der Waals surface area contributed by atoms with Crippen molar-refractivity contribution in [2.45, 2.75) is 0 Å². The predicted molar refractivity (Wildman–Crippen MR) is 47.8 cm³/mol. The molecule has 0 aliphatic heterocycles. The van der Waals surface area contributed by atoms with E-state index < -0.39 is 0 Å². The zero-order valence-electron chi connectivity index (χ0n) is 6.54. The maximum atomic E-state index is 4.96. The van der Waals surface area contributed by atoms with Crippen LogP contribution in [-0.2, 0) is 19.5 Å². The van der Waals surface area contributed by atoms with Gasteiger partial charge in [-0.3, -0.25) is 0 Å². The van der Waals surface area contributed by atoms with E-state index in [2.05, 4.69) is 6.92 Å². The van der Waals surface area contributed by atoms with E-state index in [1.54, 1.807) is 7.11 Å². The molecule has 0 N–H and O–H groups in total. The van der Waals surface area contributed by atoms with E-state index in [4.69, 9.17) is 4.74 Å². The quantitative estimate of drug-likeness (QED) is 0.561. The smallest absolute Gasteiger partial charge is 0.0759 e. The van der Waals surface area contributed by atoms with Gasteiger partial charge in [0.15, 0.2) is 0 Å². The summed E-state index contributed by atoms with van der Waals surface area (Å²) in [6.07, 6.45) is 0. The Hall–Kier alpha value is -0.00662. The SMILES string of the molecule is Br.[CH2-]c1cccc(OC)c1.[Zn]. The van der Waals surface area contributed by atoms with Crippen molar-refractivity contribution in [1.29, 1.82) is 0 Å². The van der Waals surface area contributed by atoms with Crippen LogP contribution in [0.15, 0.2) is 24.3 Å². The van der Waals surface area contributed by atoms with E-state index in [0.29, 0.717) is 0 Å². The Balaban J connectivity index is 0. The van der Waals surface area contributed by atoms with Crippen LogP contribution in [-0.4, -0.2) is 7.11 Å². The van der Waals surface area contributed by atoms with Gasteiger partial charge < -0.3 is 4.74 Å². The molecule has 0 amide bonds. The third kappa shape index (κ3) is 4.44. The first-order valence-electron chi connectivity index (χ1n) is 2.79. The van der Waals surface area contributed by atoms with Crippen molar-refractivity contribution in [3.8, 4) is 5.75 Å². The Morgan fingerprint density at radius 1 is 1.36 bits per heavy atom. The summed E-state index contributed by atoms with van der Waals surface area (Å²) >= 11 is 0. The zero-order valence-corrected chi connectivity index (χ0v) is 11.2. The number of rotatable bonds is 1. The summed E-state index contributed by atoms with van der Waals surface area (Å²) in [5.41, 5.74) is 0.981. The topological polar surface area (TPSA) is 9.23 Å². The van der Waals surface area contributed by atoms with Crippen molar-refractivity contribution < 1.29 is 24.2 Å². The van der Waals surface area contributed by atoms with Gasteiger partial charge in [0, 0.05) is 19.5 Å². The van der Waals surface area contributed by atoms with Crippen LogP contribution in [0.3, 0.4) is 0 Å². The van der Waals surface area contributed by atoms with Gasteiger partial charge in [0.25, 0.3) is 0 Å². The number of hydrogen-bond acceptors (Lipinski definition) is 1. The number of benzene rings is 1. The van der Waals surface area contributed by atoms with Crippen LogP contribution in [0, 0.1) is 6.92 Å². The molecule has 0 saturated carbocycles. The number of hydrogen-bond donors (Lipinski definition) is 0. The summed E-state index contributed by atoms with van der Waals surface area (Å²) in [5, 5.41) is 0. The van der Waals surface area contributed by atoms with Crippen LogP contribution in [0.4, 0.5) is 0 Å². The van der Waals surface area contributed by atoms with Crippen molar-refractivity contribution in [3.63, 3.8) is 0 Å². The molecule has 58 valence electrons. The minimum Gasteiger partial charge on any atom is -0.510 e.